The Morgan fingerprint density at radius 2 is 1.55 bits per heavy atom. The number of carbonyl (C=O) groups is 1. The van der Waals surface area contributed by atoms with Crippen LogP contribution in [0.5, 0.6) is 28.7 Å². The molecule has 0 bridgehead atoms. The molecule has 4 rings (SSSR count). The Hall–Kier alpha value is -3.47. The van der Waals surface area contributed by atoms with Crippen molar-refractivity contribution in [2.75, 3.05) is 20.8 Å². The summed E-state index contributed by atoms with van der Waals surface area (Å²) < 4.78 is 27.3. The third kappa shape index (κ3) is 7.08. The predicted molar refractivity (Wildman–Crippen MR) is 152 cm³/mol. The van der Waals surface area contributed by atoms with E-state index in [-0.39, 0.29) is 47.5 Å². The van der Waals surface area contributed by atoms with Crippen molar-refractivity contribution < 1.29 is 69.3 Å². The van der Waals surface area contributed by atoms with Gasteiger partial charge in [0, 0.05) is 12.1 Å². The summed E-state index contributed by atoms with van der Waals surface area (Å²) in [6, 6.07) is 6.86. The van der Waals surface area contributed by atoms with Crippen LogP contribution in [0.15, 0.2) is 36.4 Å². The quantitative estimate of drug-likeness (QED) is 0.126. The second kappa shape index (κ2) is 14.1. The van der Waals surface area contributed by atoms with Gasteiger partial charge >= 0.3 is 0 Å². The molecule has 242 valence electrons. The van der Waals surface area contributed by atoms with E-state index in [9.17, 15) is 45.6 Å². The minimum atomic E-state index is -1.74. The zero-order valence-corrected chi connectivity index (χ0v) is 24.3. The molecule has 0 aromatic heterocycles. The first-order valence-electron chi connectivity index (χ1n) is 13.9. The number of allylic oxidation sites excluding steroid dienone is 1. The number of rotatable bonds is 10. The largest absolute Gasteiger partial charge is 0.507 e. The van der Waals surface area contributed by atoms with Gasteiger partial charge in [0.25, 0.3) is 0 Å². The van der Waals surface area contributed by atoms with Crippen LogP contribution in [-0.4, -0.2) is 123 Å². The van der Waals surface area contributed by atoms with Crippen molar-refractivity contribution in [2.45, 2.75) is 68.5 Å². The summed E-state index contributed by atoms with van der Waals surface area (Å²) in [7, 11) is 2.66. The molecule has 1 aliphatic heterocycles. The van der Waals surface area contributed by atoms with E-state index >= 15 is 0 Å². The van der Waals surface area contributed by atoms with Crippen molar-refractivity contribution in [2.24, 2.45) is 5.92 Å². The molecule has 0 radical (unpaired) electrons. The summed E-state index contributed by atoms with van der Waals surface area (Å²) in [5.74, 6) is -1.61. The number of aliphatic hydroxyl groups is 6. The molecule has 0 amide bonds. The molecule has 1 heterocycles. The third-order valence-electron chi connectivity index (χ3n) is 7.81. The number of methoxy groups -OCH3 is 2. The van der Waals surface area contributed by atoms with Crippen LogP contribution >= 0.6 is 0 Å². The normalized spacial score (nSPS) is 32.4. The molecule has 2 aromatic rings. The third-order valence-corrected chi connectivity index (χ3v) is 7.81. The van der Waals surface area contributed by atoms with Gasteiger partial charge in [-0.05, 0) is 36.1 Å². The smallest absolute Gasteiger partial charge is 0.229 e. The molecule has 14 nitrogen and oxygen atoms in total. The molecule has 1 aliphatic carbocycles. The van der Waals surface area contributed by atoms with E-state index < -0.39 is 66.7 Å². The molecule has 1 saturated heterocycles. The van der Waals surface area contributed by atoms with Gasteiger partial charge in [0.1, 0.15) is 59.4 Å². The molecule has 0 spiro atoms. The Morgan fingerprint density at radius 3 is 2.20 bits per heavy atom. The van der Waals surface area contributed by atoms with Gasteiger partial charge < -0.3 is 64.5 Å². The van der Waals surface area contributed by atoms with Gasteiger partial charge in [0.15, 0.2) is 17.3 Å². The lowest BCUT2D eigenvalue weighted by Crippen LogP contribution is -2.61. The first kappa shape index (κ1) is 33.4. The number of phenolic OH excluding ortho intramolecular Hbond substituents is 2. The topological polar surface area (TPSA) is 225 Å². The Morgan fingerprint density at radius 1 is 0.864 bits per heavy atom. The molecule has 4 unspecified atom stereocenters. The Labute approximate surface area is 252 Å². The van der Waals surface area contributed by atoms with Gasteiger partial charge in [-0.1, -0.05) is 19.1 Å². The summed E-state index contributed by atoms with van der Waals surface area (Å²) >= 11 is 0. The number of ether oxygens (including phenoxy) is 5. The van der Waals surface area contributed by atoms with E-state index in [1.54, 1.807) is 13.0 Å². The maximum absolute atomic E-state index is 12.9. The average molecular weight is 623 g/mol. The second-order valence-electron chi connectivity index (χ2n) is 10.8. The van der Waals surface area contributed by atoms with Crippen LogP contribution in [0, 0.1) is 5.92 Å². The monoisotopic (exact) mass is 622 g/mol. The number of hydrogen-bond acceptors (Lipinski definition) is 14. The van der Waals surface area contributed by atoms with Crippen LogP contribution in [0.3, 0.4) is 0 Å². The molecule has 2 aliphatic rings. The van der Waals surface area contributed by atoms with Gasteiger partial charge in [-0.2, -0.15) is 0 Å². The van der Waals surface area contributed by atoms with Gasteiger partial charge in [-0.15, -0.1) is 0 Å². The van der Waals surface area contributed by atoms with Crippen molar-refractivity contribution in [1.82, 2.24) is 0 Å². The Balaban J connectivity index is 1.46. The standard InChI is InChI=1S/C30H38O14/c1-13-8-21(25(35)27(37)24(13)34)42-12-22-26(36)28(38)29(39)30(44-22)43-15-10-18(33)23(20(11-15)41-3)16(31)6-4-14-5-7-19(40-2)17(32)9-14/h4-7,9-11,13,21-22,24-30,32-39H,8,12H2,1-3H3/b6-4+/t13?,21-,22?,24+,25?,26+,27+,28+,29?,30-/m1/s1. The SMILES string of the molecule is COc1ccc(/C=C/C(=O)c2c(O)cc(O[C@@H]3OC(CO[C@@H]4CC(C)[C@H](O)[C@H](O)C4O)[C@H](O)[C@H](O)C3O)cc2OC)cc1O. The van der Waals surface area contributed by atoms with E-state index in [1.807, 2.05) is 0 Å². The highest BCUT2D eigenvalue weighted by atomic mass is 16.7. The number of aliphatic hydroxyl groups excluding tert-OH is 6. The maximum atomic E-state index is 12.9. The number of ketones is 1. The lowest BCUT2D eigenvalue weighted by Gasteiger charge is -2.42. The summed E-state index contributed by atoms with van der Waals surface area (Å²) in [5, 5.41) is 82.4. The molecule has 8 N–H and O–H groups in total. The molecule has 2 aromatic carbocycles. The molecule has 44 heavy (non-hydrogen) atoms. The Kier molecular flexibility index (Phi) is 10.7. The van der Waals surface area contributed by atoms with Gasteiger partial charge in [-0.3, -0.25) is 4.79 Å². The molecule has 14 heteroatoms. The average Bonchev–Trinajstić information content (AvgIpc) is 3.00. The van der Waals surface area contributed by atoms with Crippen molar-refractivity contribution in [3.63, 3.8) is 0 Å². The fourth-order valence-corrected chi connectivity index (χ4v) is 5.19. The van der Waals surface area contributed by atoms with Gasteiger partial charge in [0.2, 0.25) is 6.29 Å². The highest BCUT2D eigenvalue weighted by molar-refractivity contribution is 6.10. The summed E-state index contributed by atoms with van der Waals surface area (Å²) in [6.07, 6.45) is -9.99. The fourth-order valence-electron chi connectivity index (χ4n) is 5.19. The van der Waals surface area contributed by atoms with Crippen molar-refractivity contribution >= 4 is 11.9 Å². The van der Waals surface area contributed by atoms with Crippen molar-refractivity contribution in [3.05, 3.63) is 47.5 Å². The minimum absolute atomic E-state index is 0.0841. The highest BCUT2D eigenvalue weighted by Crippen LogP contribution is 2.36. The summed E-state index contributed by atoms with van der Waals surface area (Å²) in [6.45, 7) is 1.31. The molecule has 10 atom stereocenters. The van der Waals surface area contributed by atoms with Gasteiger partial charge in [-0.25, -0.2) is 0 Å². The zero-order chi connectivity index (χ0) is 32.3. The zero-order valence-electron chi connectivity index (χ0n) is 24.3. The lowest BCUT2D eigenvalue weighted by molar-refractivity contribution is -0.285. The minimum Gasteiger partial charge on any atom is -0.507 e. The number of aromatic hydroxyl groups is 2. The summed E-state index contributed by atoms with van der Waals surface area (Å²) in [4.78, 5) is 12.9. The van der Waals surface area contributed by atoms with E-state index in [0.29, 0.717) is 5.56 Å². The van der Waals surface area contributed by atoms with Crippen LogP contribution in [0.25, 0.3) is 6.08 Å². The van der Waals surface area contributed by atoms with Crippen LogP contribution in [0.4, 0.5) is 0 Å². The number of carbonyl (C=O) groups excluding carboxylic acids is 1. The molecule has 2 fully saturated rings. The van der Waals surface area contributed by atoms with E-state index in [4.69, 9.17) is 23.7 Å². The van der Waals surface area contributed by atoms with E-state index in [1.165, 1.54) is 44.6 Å². The number of benzene rings is 2. The van der Waals surface area contributed by atoms with Crippen LogP contribution in [0.1, 0.15) is 29.3 Å². The maximum Gasteiger partial charge on any atom is 0.229 e. The first-order chi connectivity index (χ1) is 20.9. The van der Waals surface area contributed by atoms with Gasteiger partial charge in [0.05, 0.1) is 33.0 Å². The first-order valence-corrected chi connectivity index (χ1v) is 13.9. The molecular formula is C30H38O14. The van der Waals surface area contributed by atoms with E-state index in [2.05, 4.69) is 0 Å². The Bertz CT molecular complexity index is 1330. The van der Waals surface area contributed by atoms with Crippen molar-refractivity contribution in [3.8, 4) is 28.7 Å². The second-order valence-corrected chi connectivity index (χ2v) is 10.8. The number of hydrogen-bond donors (Lipinski definition) is 8. The molecular weight excluding hydrogens is 584 g/mol. The summed E-state index contributed by atoms with van der Waals surface area (Å²) in [5.41, 5.74) is 0.285. The lowest BCUT2D eigenvalue weighted by atomic mass is 9.82. The van der Waals surface area contributed by atoms with Crippen LogP contribution in [0.2, 0.25) is 0 Å². The number of phenols is 2. The van der Waals surface area contributed by atoms with Crippen molar-refractivity contribution in [1.29, 1.82) is 0 Å². The highest BCUT2D eigenvalue weighted by Gasteiger charge is 2.47. The van der Waals surface area contributed by atoms with Crippen LogP contribution in [-0.2, 0) is 9.47 Å². The predicted octanol–water partition coefficient (Wildman–Crippen LogP) is -0.295. The van der Waals surface area contributed by atoms with Crippen LogP contribution < -0.4 is 14.2 Å². The fraction of sp³-hybridized carbons (Fsp3) is 0.500. The van der Waals surface area contributed by atoms with E-state index in [0.717, 1.165) is 6.07 Å². The molecule has 1 saturated carbocycles.